The number of furan rings is 1. The monoisotopic (exact) mass is 436 g/mol. The first-order chi connectivity index (χ1) is 14.9. The van der Waals surface area contributed by atoms with Crippen LogP contribution in [0.1, 0.15) is 16.9 Å². The summed E-state index contributed by atoms with van der Waals surface area (Å²) in [6.07, 6.45) is 3.29. The molecule has 0 atom stereocenters. The Balaban J connectivity index is 1.52. The molecule has 1 saturated heterocycles. The van der Waals surface area contributed by atoms with E-state index in [9.17, 15) is 13.2 Å². The number of piperazine rings is 1. The van der Waals surface area contributed by atoms with Gasteiger partial charge in [-0.05, 0) is 42.8 Å². The van der Waals surface area contributed by atoms with E-state index in [4.69, 9.17) is 4.42 Å². The molecule has 4 rings (SSSR count). The third kappa shape index (κ3) is 4.62. The quantitative estimate of drug-likeness (QED) is 0.573. The molecular weight excluding hydrogens is 412 g/mol. The molecule has 6 nitrogen and oxygen atoms in total. The first kappa shape index (κ1) is 21.1. The van der Waals surface area contributed by atoms with Gasteiger partial charge in [-0.25, -0.2) is 8.42 Å². The Kier molecular flexibility index (Phi) is 6.06. The van der Waals surface area contributed by atoms with E-state index >= 15 is 0 Å². The van der Waals surface area contributed by atoms with Crippen molar-refractivity contribution in [1.29, 1.82) is 0 Å². The number of nitrogens with zero attached hydrogens (tertiary/aromatic N) is 2. The Labute approximate surface area is 182 Å². The minimum atomic E-state index is -3.58. The molecule has 31 heavy (non-hydrogen) atoms. The minimum absolute atomic E-state index is 0.144. The van der Waals surface area contributed by atoms with Crippen LogP contribution in [0, 0.1) is 6.92 Å². The molecule has 0 aliphatic carbocycles. The van der Waals surface area contributed by atoms with E-state index in [1.807, 2.05) is 37.3 Å². The Hall–Kier alpha value is -3.16. The summed E-state index contributed by atoms with van der Waals surface area (Å²) in [5, 5.41) is 0. The number of rotatable bonds is 5. The zero-order valence-electron chi connectivity index (χ0n) is 17.3. The number of sulfonamides is 1. The predicted molar refractivity (Wildman–Crippen MR) is 120 cm³/mol. The third-order valence-corrected chi connectivity index (χ3v) is 7.24. The van der Waals surface area contributed by atoms with Crippen molar-refractivity contribution in [1.82, 2.24) is 9.21 Å². The summed E-state index contributed by atoms with van der Waals surface area (Å²) in [5.74, 6) is 0.447. The summed E-state index contributed by atoms with van der Waals surface area (Å²) < 4.78 is 32.7. The number of hydrogen-bond acceptors (Lipinski definition) is 4. The Morgan fingerprint density at radius 3 is 2.19 bits per heavy atom. The van der Waals surface area contributed by atoms with Crippen molar-refractivity contribution in [2.24, 2.45) is 0 Å². The number of carbonyl (C=O) groups is 1. The molecule has 1 amide bonds. The van der Waals surface area contributed by atoms with Gasteiger partial charge in [0, 0.05) is 26.2 Å². The van der Waals surface area contributed by atoms with Gasteiger partial charge in [0.2, 0.25) is 10.0 Å². The molecule has 0 spiro atoms. The fourth-order valence-corrected chi connectivity index (χ4v) is 4.99. The van der Waals surface area contributed by atoms with Crippen molar-refractivity contribution in [2.45, 2.75) is 11.8 Å². The molecule has 1 aromatic heterocycles. The Morgan fingerprint density at radius 2 is 1.58 bits per heavy atom. The normalized spacial score (nSPS) is 15.8. The standard InChI is InChI=1S/C24H24N2O4S/c1-19-9-11-22(12-10-19)31(28,29)26-15-13-25(14-16-26)24(27)23(18-21-8-5-17-30-21)20-6-3-2-4-7-20/h2-12,17-18H,13-16H2,1H3/b23-18+. The first-order valence-corrected chi connectivity index (χ1v) is 11.6. The number of hydrogen-bond donors (Lipinski definition) is 0. The molecule has 0 unspecified atom stereocenters. The van der Waals surface area contributed by atoms with Crippen LogP contribution >= 0.6 is 0 Å². The highest BCUT2D eigenvalue weighted by Crippen LogP contribution is 2.24. The van der Waals surface area contributed by atoms with Gasteiger partial charge in [-0.1, -0.05) is 48.0 Å². The molecule has 1 aliphatic rings. The summed E-state index contributed by atoms with van der Waals surface area (Å²) in [5.41, 5.74) is 2.31. The fourth-order valence-electron chi connectivity index (χ4n) is 3.56. The van der Waals surface area contributed by atoms with Crippen molar-refractivity contribution < 1.29 is 17.6 Å². The molecule has 0 N–H and O–H groups in total. The zero-order chi connectivity index (χ0) is 21.8. The number of benzene rings is 2. The fraction of sp³-hybridized carbons (Fsp3) is 0.208. The predicted octanol–water partition coefficient (Wildman–Crippen LogP) is 3.66. The molecule has 2 aromatic carbocycles. The number of amides is 1. The second kappa shape index (κ2) is 8.91. The van der Waals surface area contributed by atoms with Gasteiger partial charge in [0.1, 0.15) is 5.76 Å². The summed E-state index contributed by atoms with van der Waals surface area (Å²) in [6.45, 7) is 3.08. The van der Waals surface area contributed by atoms with Crippen molar-refractivity contribution in [2.75, 3.05) is 26.2 Å². The summed E-state index contributed by atoms with van der Waals surface area (Å²) >= 11 is 0. The highest BCUT2D eigenvalue weighted by molar-refractivity contribution is 7.89. The van der Waals surface area contributed by atoms with Gasteiger partial charge in [-0.2, -0.15) is 4.31 Å². The van der Waals surface area contributed by atoms with Gasteiger partial charge >= 0.3 is 0 Å². The maximum Gasteiger partial charge on any atom is 0.254 e. The maximum absolute atomic E-state index is 13.3. The molecule has 3 aromatic rings. The van der Waals surface area contributed by atoms with E-state index in [-0.39, 0.29) is 23.9 Å². The lowest BCUT2D eigenvalue weighted by Gasteiger charge is -2.34. The smallest absolute Gasteiger partial charge is 0.254 e. The number of carbonyl (C=O) groups excluding carboxylic acids is 1. The minimum Gasteiger partial charge on any atom is -0.465 e. The van der Waals surface area contributed by atoms with Crippen molar-refractivity contribution in [3.05, 3.63) is 89.9 Å². The lowest BCUT2D eigenvalue weighted by molar-refractivity contribution is -0.126. The lowest BCUT2D eigenvalue weighted by atomic mass is 10.0. The molecule has 0 radical (unpaired) electrons. The Bertz CT molecular complexity index is 1160. The molecule has 2 heterocycles. The molecule has 0 saturated carbocycles. The maximum atomic E-state index is 13.3. The molecule has 1 aliphatic heterocycles. The highest BCUT2D eigenvalue weighted by atomic mass is 32.2. The molecular formula is C24H24N2O4S. The average molecular weight is 437 g/mol. The van der Waals surface area contributed by atoms with Crippen LogP contribution in [0.15, 0.2) is 82.3 Å². The van der Waals surface area contributed by atoms with Crippen LogP contribution in [0.3, 0.4) is 0 Å². The molecule has 7 heteroatoms. The van der Waals surface area contributed by atoms with Gasteiger partial charge in [-0.3, -0.25) is 4.79 Å². The van der Waals surface area contributed by atoms with Crippen LogP contribution in [0.5, 0.6) is 0 Å². The second-order valence-corrected chi connectivity index (χ2v) is 9.39. The lowest BCUT2D eigenvalue weighted by Crippen LogP contribution is -2.50. The van der Waals surface area contributed by atoms with Crippen LogP contribution < -0.4 is 0 Å². The van der Waals surface area contributed by atoms with E-state index in [0.717, 1.165) is 11.1 Å². The van der Waals surface area contributed by atoms with Gasteiger partial charge in [-0.15, -0.1) is 0 Å². The summed E-state index contributed by atoms with van der Waals surface area (Å²) in [7, 11) is -3.58. The van der Waals surface area contributed by atoms with Crippen molar-refractivity contribution in [3.63, 3.8) is 0 Å². The van der Waals surface area contributed by atoms with Gasteiger partial charge < -0.3 is 9.32 Å². The van der Waals surface area contributed by atoms with E-state index in [1.54, 1.807) is 53.6 Å². The molecule has 1 fully saturated rings. The van der Waals surface area contributed by atoms with Crippen LogP contribution in [0.4, 0.5) is 0 Å². The average Bonchev–Trinajstić information content (AvgIpc) is 3.31. The van der Waals surface area contributed by atoms with E-state index in [2.05, 4.69) is 0 Å². The summed E-state index contributed by atoms with van der Waals surface area (Å²) in [4.78, 5) is 15.3. The van der Waals surface area contributed by atoms with Crippen molar-refractivity contribution in [3.8, 4) is 0 Å². The van der Waals surface area contributed by atoms with Gasteiger partial charge in [0.25, 0.3) is 5.91 Å². The van der Waals surface area contributed by atoms with E-state index in [0.29, 0.717) is 24.4 Å². The van der Waals surface area contributed by atoms with Crippen molar-refractivity contribution >= 4 is 27.6 Å². The van der Waals surface area contributed by atoms with E-state index in [1.165, 1.54) is 4.31 Å². The highest BCUT2D eigenvalue weighted by Gasteiger charge is 2.31. The van der Waals surface area contributed by atoms with Crippen LogP contribution in [-0.4, -0.2) is 49.7 Å². The van der Waals surface area contributed by atoms with Crippen LogP contribution in [-0.2, 0) is 14.8 Å². The number of aryl methyl sites for hydroxylation is 1. The largest absolute Gasteiger partial charge is 0.465 e. The first-order valence-electron chi connectivity index (χ1n) is 10.1. The Morgan fingerprint density at radius 1 is 0.903 bits per heavy atom. The topological polar surface area (TPSA) is 70.8 Å². The zero-order valence-corrected chi connectivity index (χ0v) is 18.1. The van der Waals surface area contributed by atoms with E-state index < -0.39 is 10.0 Å². The SMILES string of the molecule is Cc1ccc(S(=O)(=O)N2CCN(C(=O)/C(=C/c3ccco3)c3ccccc3)CC2)cc1. The van der Waals surface area contributed by atoms with Gasteiger partial charge in [0.05, 0.1) is 16.7 Å². The second-order valence-electron chi connectivity index (χ2n) is 7.45. The summed E-state index contributed by atoms with van der Waals surface area (Å²) in [6, 6.07) is 19.8. The molecule has 0 bridgehead atoms. The van der Waals surface area contributed by atoms with Gasteiger partial charge in [0.15, 0.2) is 0 Å². The van der Waals surface area contributed by atoms with Crippen LogP contribution in [0.2, 0.25) is 0 Å². The molecule has 160 valence electrons. The van der Waals surface area contributed by atoms with Crippen LogP contribution in [0.25, 0.3) is 11.6 Å². The third-order valence-electron chi connectivity index (χ3n) is 5.33.